The molecule has 0 aromatic heterocycles. The van der Waals surface area contributed by atoms with Crippen LogP contribution in [0.3, 0.4) is 0 Å². The SMILES string of the molecule is COc1cc(OC)c(C(=O)Oc2ccc(C(=O)Cc3ccc(-c4ccc(CC(=O)c5ccc(OC(=O)c6cc(CO)c(CO)cc6CO)c(CO)c5)cc4C)c(C)c3)cc2OC)cc1OC. The maximum Gasteiger partial charge on any atom is 0.347 e. The average molecular weight is 899 g/mol. The average Bonchev–Trinajstić information content (AvgIpc) is 3.33. The maximum atomic E-state index is 13.5. The normalized spacial score (nSPS) is 10.9. The van der Waals surface area contributed by atoms with E-state index in [-0.39, 0.29) is 69.7 Å². The van der Waals surface area contributed by atoms with Gasteiger partial charge in [-0.1, -0.05) is 36.4 Å². The Bertz CT molecular complexity index is 2620. The highest BCUT2D eigenvalue weighted by atomic mass is 16.6. The van der Waals surface area contributed by atoms with Crippen molar-refractivity contribution in [2.75, 3.05) is 28.4 Å². The quantitative estimate of drug-likeness (QED) is 0.0359. The Morgan fingerprint density at radius 3 is 1.38 bits per heavy atom. The summed E-state index contributed by atoms with van der Waals surface area (Å²) in [7, 11) is 5.74. The summed E-state index contributed by atoms with van der Waals surface area (Å²) in [5, 5.41) is 39.2. The van der Waals surface area contributed by atoms with Gasteiger partial charge in [0.15, 0.2) is 34.6 Å². The monoisotopic (exact) mass is 898 g/mol. The van der Waals surface area contributed by atoms with Crippen LogP contribution in [0.15, 0.2) is 97.1 Å². The van der Waals surface area contributed by atoms with E-state index in [2.05, 4.69) is 0 Å². The summed E-state index contributed by atoms with van der Waals surface area (Å²) in [6.45, 7) is 2.04. The fourth-order valence-electron chi connectivity index (χ4n) is 7.61. The summed E-state index contributed by atoms with van der Waals surface area (Å²) in [4.78, 5) is 53.4. The van der Waals surface area contributed by atoms with Crippen molar-refractivity contribution in [2.24, 2.45) is 0 Å². The molecule has 6 aromatic rings. The lowest BCUT2D eigenvalue weighted by atomic mass is 9.91. The number of ether oxygens (including phenoxy) is 6. The van der Waals surface area contributed by atoms with Crippen LogP contribution in [-0.4, -0.2) is 72.4 Å². The highest BCUT2D eigenvalue weighted by Gasteiger charge is 2.23. The van der Waals surface area contributed by atoms with Crippen molar-refractivity contribution in [1.82, 2.24) is 0 Å². The molecule has 0 aliphatic carbocycles. The Morgan fingerprint density at radius 2 is 0.864 bits per heavy atom. The Labute approximate surface area is 381 Å². The van der Waals surface area contributed by atoms with E-state index in [1.807, 2.05) is 50.2 Å². The summed E-state index contributed by atoms with van der Waals surface area (Å²) in [6.07, 6.45) is 0.163. The minimum Gasteiger partial charge on any atom is -0.496 e. The minimum absolute atomic E-state index is 0.0123. The zero-order valence-corrected chi connectivity index (χ0v) is 37.4. The third-order valence-electron chi connectivity index (χ3n) is 11.1. The lowest BCUT2D eigenvalue weighted by Crippen LogP contribution is -2.15. The fraction of sp³-hybridized carbons (Fsp3) is 0.231. The molecule has 0 atom stereocenters. The molecule has 342 valence electrons. The summed E-state index contributed by atoms with van der Waals surface area (Å²) in [6, 6.07) is 26.3. The van der Waals surface area contributed by atoms with Crippen molar-refractivity contribution < 1.29 is 68.0 Å². The van der Waals surface area contributed by atoms with E-state index in [1.165, 1.54) is 83.0 Å². The lowest BCUT2D eigenvalue weighted by Gasteiger charge is -2.15. The summed E-state index contributed by atoms with van der Waals surface area (Å²) < 4.78 is 32.7. The van der Waals surface area contributed by atoms with Crippen molar-refractivity contribution >= 4 is 23.5 Å². The Morgan fingerprint density at radius 1 is 0.409 bits per heavy atom. The number of aliphatic hydroxyl groups excluding tert-OH is 4. The van der Waals surface area contributed by atoms with Crippen molar-refractivity contribution in [3.63, 3.8) is 0 Å². The molecular formula is C52H50O14. The number of hydrogen-bond acceptors (Lipinski definition) is 14. The predicted molar refractivity (Wildman–Crippen MR) is 243 cm³/mol. The number of carbonyl (C=O) groups is 4. The van der Waals surface area contributed by atoms with E-state index < -0.39 is 38.4 Å². The van der Waals surface area contributed by atoms with Crippen LogP contribution in [0.1, 0.15) is 85.9 Å². The first kappa shape index (κ1) is 48.1. The van der Waals surface area contributed by atoms with Gasteiger partial charge in [-0.15, -0.1) is 0 Å². The van der Waals surface area contributed by atoms with E-state index in [4.69, 9.17) is 28.4 Å². The fourth-order valence-corrected chi connectivity index (χ4v) is 7.61. The third-order valence-corrected chi connectivity index (χ3v) is 11.1. The van der Waals surface area contributed by atoms with E-state index in [0.29, 0.717) is 33.8 Å². The van der Waals surface area contributed by atoms with Crippen molar-refractivity contribution in [2.45, 2.75) is 53.1 Å². The molecule has 0 unspecified atom stereocenters. The van der Waals surface area contributed by atoms with Gasteiger partial charge in [0.1, 0.15) is 17.1 Å². The molecule has 14 nitrogen and oxygen atoms in total. The topological polar surface area (TPSA) is 205 Å². The van der Waals surface area contributed by atoms with Gasteiger partial charge in [-0.2, -0.15) is 0 Å². The molecule has 0 aliphatic rings. The van der Waals surface area contributed by atoms with Gasteiger partial charge in [-0.25, -0.2) is 9.59 Å². The summed E-state index contributed by atoms with van der Waals surface area (Å²) >= 11 is 0. The smallest absolute Gasteiger partial charge is 0.347 e. The van der Waals surface area contributed by atoms with Gasteiger partial charge in [0, 0.05) is 41.7 Å². The molecule has 0 bridgehead atoms. The standard InChI is InChI=1S/C52H50O14/c1-29-15-31(17-43(57)33-9-13-45(38(19-33)28-56)65-51(59)41-21-36(26-54)35(25-53)20-37(41)27-55)7-11-39(29)40-12-8-32(16-30(40)2)18-44(58)34-10-14-46(48(22-34)62-4)66-52(60)42-23-49(63-5)50(64-6)24-47(42)61-3/h7-16,19-24,53-56H,17-18,25-28H2,1-6H3. The molecule has 0 fully saturated rings. The molecule has 0 heterocycles. The van der Waals surface area contributed by atoms with Crippen LogP contribution >= 0.6 is 0 Å². The number of aliphatic hydroxyl groups is 4. The van der Waals surface area contributed by atoms with Crippen LogP contribution < -0.4 is 28.4 Å². The van der Waals surface area contributed by atoms with Gasteiger partial charge in [-0.05, 0) is 112 Å². The van der Waals surface area contributed by atoms with Gasteiger partial charge >= 0.3 is 11.9 Å². The van der Waals surface area contributed by atoms with Crippen molar-refractivity contribution in [1.29, 1.82) is 0 Å². The Kier molecular flexibility index (Phi) is 15.7. The first-order chi connectivity index (χ1) is 31.8. The van der Waals surface area contributed by atoms with Crippen LogP contribution in [-0.2, 0) is 39.3 Å². The highest BCUT2D eigenvalue weighted by Crippen LogP contribution is 2.37. The zero-order valence-electron chi connectivity index (χ0n) is 37.4. The number of Topliss-reactive ketones (excluding diaryl/α,β-unsaturated/α-hetero) is 2. The lowest BCUT2D eigenvalue weighted by molar-refractivity contribution is 0.0716. The second-order valence-electron chi connectivity index (χ2n) is 15.3. The number of carbonyl (C=O) groups excluding carboxylic acids is 4. The first-order valence-electron chi connectivity index (χ1n) is 20.7. The van der Waals surface area contributed by atoms with Crippen LogP contribution in [0.25, 0.3) is 11.1 Å². The number of esters is 2. The molecule has 14 heteroatoms. The largest absolute Gasteiger partial charge is 0.496 e. The molecule has 0 aliphatic heterocycles. The van der Waals surface area contributed by atoms with E-state index in [0.717, 1.165) is 33.4 Å². The molecule has 4 N–H and O–H groups in total. The third kappa shape index (κ3) is 10.6. The molecule has 66 heavy (non-hydrogen) atoms. The first-order valence-corrected chi connectivity index (χ1v) is 20.7. The molecule has 0 amide bonds. The molecular weight excluding hydrogens is 849 g/mol. The van der Waals surface area contributed by atoms with Crippen molar-refractivity contribution in [3.8, 4) is 45.6 Å². The molecule has 0 radical (unpaired) electrons. The number of rotatable bonds is 19. The summed E-state index contributed by atoms with van der Waals surface area (Å²) in [5.74, 6) is -0.755. The molecule has 0 spiro atoms. The molecule has 6 aromatic carbocycles. The van der Waals surface area contributed by atoms with Gasteiger partial charge in [-0.3, -0.25) is 9.59 Å². The van der Waals surface area contributed by atoms with E-state index in [1.54, 1.807) is 6.07 Å². The maximum absolute atomic E-state index is 13.5. The van der Waals surface area contributed by atoms with Gasteiger partial charge < -0.3 is 48.8 Å². The molecule has 6 rings (SSSR count). The number of methoxy groups -OCH3 is 4. The van der Waals surface area contributed by atoms with Crippen LogP contribution in [0.5, 0.6) is 34.5 Å². The molecule has 0 saturated carbocycles. The molecule has 0 saturated heterocycles. The van der Waals surface area contributed by atoms with E-state index >= 15 is 0 Å². The number of aryl methyl sites for hydroxylation is 2. The number of ketones is 2. The van der Waals surface area contributed by atoms with E-state index in [9.17, 15) is 39.6 Å². The number of benzene rings is 6. The summed E-state index contributed by atoms with van der Waals surface area (Å²) in [5.41, 5.74) is 7.16. The van der Waals surface area contributed by atoms with Crippen LogP contribution in [0, 0.1) is 13.8 Å². The van der Waals surface area contributed by atoms with Crippen LogP contribution in [0.4, 0.5) is 0 Å². The highest BCUT2D eigenvalue weighted by molar-refractivity contribution is 6.00. The number of hydrogen-bond donors (Lipinski definition) is 4. The van der Waals surface area contributed by atoms with Crippen LogP contribution in [0.2, 0.25) is 0 Å². The Hall–Kier alpha value is -7.36. The predicted octanol–water partition coefficient (Wildman–Crippen LogP) is 7.26. The minimum atomic E-state index is -0.845. The Balaban J connectivity index is 1.10. The second-order valence-corrected chi connectivity index (χ2v) is 15.3. The van der Waals surface area contributed by atoms with Gasteiger partial charge in [0.25, 0.3) is 0 Å². The zero-order chi connectivity index (χ0) is 47.7. The van der Waals surface area contributed by atoms with Crippen molar-refractivity contribution in [3.05, 3.63) is 164 Å². The van der Waals surface area contributed by atoms with Gasteiger partial charge in [0.05, 0.1) is 60.4 Å². The van der Waals surface area contributed by atoms with Gasteiger partial charge in [0.2, 0.25) is 0 Å². The second kappa shape index (κ2) is 21.5.